The number of rotatable bonds is 5. The molecule has 2 aliphatic heterocycles. The van der Waals surface area contributed by atoms with E-state index >= 15 is 0 Å². The van der Waals surface area contributed by atoms with Crippen molar-refractivity contribution in [1.82, 2.24) is 0 Å². The molecule has 146 valence electrons. The van der Waals surface area contributed by atoms with E-state index in [1.807, 2.05) is 0 Å². The molecule has 0 bridgehead atoms. The number of carbonyl (C=O) groups excluding carboxylic acids is 4. The average molecular weight is 422 g/mol. The molecule has 2 fully saturated rings. The SMILES string of the molecule is O=C(OC1CCOC1=O)c1ccc(-c2ccc(C(=O)OC3CCOC3=O)s2)s1. The van der Waals surface area contributed by atoms with Gasteiger partial charge in [0.15, 0.2) is 0 Å². The van der Waals surface area contributed by atoms with Gasteiger partial charge in [-0.15, -0.1) is 22.7 Å². The van der Waals surface area contributed by atoms with Gasteiger partial charge in [0.2, 0.25) is 12.2 Å². The minimum Gasteiger partial charge on any atom is -0.463 e. The first-order valence-corrected chi connectivity index (χ1v) is 10.1. The van der Waals surface area contributed by atoms with Crippen molar-refractivity contribution >= 4 is 46.6 Å². The smallest absolute Gasteiger partial charge is 0.349 e. The summed E-state index contributed by atoms with van der Waals surface area (Å²) in [5, 5.41) is 0. The zero-order chi connectivity index (χ0) is 19.7. The van der Waals surface area contributed by atoms with Gasteiger partial charge in [0, 0.05) is 22.6 Å². The van der Waals surface area contributed by atoms with E-state index in [1.165, 1.54) is 22.7 Å². The van der Waals surface area contributed by atoms with Crippen molar-refractivity contribution < 1.29 is 38.1 Å². The molecule has 8 nitrogen and oxygen atoms in total. The van der Waals surface area contributed by atoms with Crippen LogP contribution in [0.1, 0.15) is 32.2 Å². The Morgan fingerprint density at radius 1 is 0.786 bits per heavy atom. The van der Waals surface area contributed by atoms with Gasteiger partial charge in [-0.1, -0.05) is 0 Å². The van der Waals surface area contributed by atoms with Crippen molar-refractivity contribution in [2.45, 2.75) is 25.0 Å². The molecule has 0 aromatic carbocycles. The minimum absolute atomic E-state index is 0.249. The lowest BCUT2D eigenvalue weighted by Gasteiger charge is -2.06. The summed E-state index contributed by atoms with van der Waals surface area (Å²) < 4.78 is 19.9. The van der Waals surface area contributed by atoms with Gasteiger partial charge in [0.1, 0.15) is 9.75 Å². The average Bonchev–Trinajstić information content (AvgIpc) is 3.44. The summed E-state index contributed by atoms with van der Waals surface area (Å²) in [5.41, 5.74) is 0. The summed E-state index contributed by atoms with van der Waals surface area (Å²) in [6, 6.07) is 6.69. The number of cyclic esters (lactones) is 2. The number of carbonyl (C=O) groups is 4. The van der Waals surface area contributed by atoms with E-state index in [0.717, 1.165) is 9.75 Å². The fraction of sp³-hybridized carbons (Fsp3) is 0.333. The molecule has 2 aromatic heterocycles. The molecule has 0 spiro atoms. The van der Waals surface area contributed by atoms with Crippen LogP contribution in [0.2, 0.25) is 0 Å². The van der Waals surface area contributed by atoms with Gasteiger partial charge in [-0.3, -0.25) is 0 Å². The van der Waals surface area contributed by atoms with E-state index in [9.17, 15) is 19.2 Å². The molecule has 2 unspecified atom stereocenters. The molecule has 2 aromatic rings. The Labute approximate surface area is 167 Å². The van der Waals surface area contributed by atoms with Gasteiger partial charge in [-0.05, 0) is 24.3 Å². The summed E-state index contributed by atoms with van der Waals surface area (Å²) in [5.74, 6) is -2.23. The quantitative estimate of drug-likeness (QED) is 0.534. The summed E-state index contributed by atoms with van der Waals surface area (Å²) in [7, 11) is 0. The topological polar surface area (TPSA) is 105 Å². The van der Waals surface area contributed by atoms with Crippen LogP contribution in [0.3, 0.4) is 0 Å². The maximum Gasteiger partial charge on any atom is 0.349 e. The molecule has 0 aliphatic carbocycles. The van der Waals surface area contributed by atoms with Crippen molar-refractivity contribution in [2.75, 3.05) is 13.2 Å². The molecule has 4 rings (SSSR count). The maximum atomic E-state index is 12.2. The van der Waals surface area contributed by atoms with Crippen LogP contribution in [-0.4, -0.2) is 49.3 Å². The summed E-state index contributed by atoms with van der Waals surface area (Å²) in [6.45, 7) is 0.498. The first kappa shape index (κ1) is 18.6. The Bertz CT molecular complexity index is 867. The number of hydrogen-bond acceptors (Lipinski definition) is 10. The number of hydrogen-bond donors (Lipinski definition) is 0. The molecule has 0 radical (unpaired) electrons. The van der Waals surface area contributed by atoms with Crippen LogP contribution in [0.4, 0.5) is 0 Å². The molecular formula is C18H14O8S2. The Morgan fingerprint density at radius 3 is 1.57 bits per heavy atom. The van der Waals surface area contributed by atoms with Gasteiger partial charge in [-0.25, -0.2) is 19.2 Å². The maximum absolute atomic E-state index is 12.2. The molecule has 10 heteroatoms. The van der Waals surface area contributed by atoms with E-state index in [4.69, 9.17) is 18.9 Å². The standard InChI is InChI=1S/C18H14O8S2/c19-15-9(5-7-23-15)25-17(21)13-3-1-11(27-13)12-2-4-14(28-12)18(22)26-10-6-8-24-16(10)20/h1-4,9-10H,5-8H2. The van der Waals surface area contributed by atoms with Gasteiger partial charge >= 0.3 is 23.9 Å². The molecular weight excluding hydrogens is 408 g/mol. The fourth-order valence-corrected chi connectivity index (χ4v) is 4.57. The van der Waals surface area contributed by atoms with Gasteiger partial charge in [0.25, 0.3) is 0 Å². The second-order valence-electron chi connectivity index (χ2n) is 6.03. The number of thiophene rings is 2. The summed E-state index contributed by atoms with van der Waals surface area (Å²) >= 11 is 2.39. The molecule has 4 heterocycles. The van der Waals surface area contributed by atoms with Crippen LogP contribution in [0.5, 0.6) is 0 Å². The van der Waals surface area contributed by atoms with Crippen molar-refractivity contribution in [2.24, 2.45) is 0 Å². The first-order chi connectivity index (χ1) is 13.5. The lowest BCUT2D eigenvalue weighted by atomic mass is 10.3. The summed E-state index contributed by atoms with van der Waals surface area (Å²) in [4.78, 5) is 49.4. The Hall–Kier alpha value is -2.72. The largest absolute Gasteiger partial charge is 0.463 e. The molecule has 2 saturated heterocycles. The lowest BCUT2D eigenvalue weighted by Crippen LogP contribution is -2.22. The lowest BCUT2D eigenvalue weighted by molar-refractivity contribution is -0.145. The zero-order valence-electron chi connectivity index (χ0n) is 14.4. The van der Waals surface area contributed by atoms with E-state index < -0.39 is 36.1 Å². The normalized spacial score (nSPS) is 21.3. The minimum atomic E-state index is -0.858. The van der Waals surface area contributed by atoms with Crippen molar-refractivity contribution in [3.63, 3.8) is 0 Å². The third kappa shape index (κ3) is 3.78. The predicted octanol–water partition coefficient (Wildman–Crippen LogP) is 2.42. The van der Waals surface area contributed by atoms with Crippen LogP contribution in [-0.2, 0) is 28.5 Å². The predicted molar refractivity (Wildman–Crippen MR) is 97.2 cm³/mol. The van der Waals surface area contributed by atoms with E-state index in [0.29, 0.717) is 22.6 Å². The van der Waals surface area contributed by atoms with Crippen LogP contribution in [0, 0.1) is 0 Å². The fourth-order valence-electron chi connectivity index (χ4n) is 2.70. The number of esters is 4. The Kier molecular flexibility index (Phi) is 5.14. The molecule has 2 atom stereocenters. The summed E-state index contributed by atoms with van der Waals surface area (Å²) in [6.07, 6.45) is -1.01. The molecule has 0 amide bonds. The molecule has 0 N–H and O–H groups in total. The Balaban J connectivity index is 1.41. The van der Waals surface area contributed by atoms with Gasteiger partial charge in [0.05, 0.1) is 13.2 Å². The Morgan fingerprint density at radius 2 is 1.21 bits per heavy atom. The highest BCUT2D eigenvalue weighted by Gasteiger charge is 2.32. The van der Waals surface area contributed by atoms with Crippen LogP contribution >= 0.6 is 22.7 Å². The third-order valence-corrected chi connectivity index (χ3v) is 6.46. The first-order valence-electron chi connectivity index (χ1n) is 8.46. The highest BCUT2D eigenvalue weighted by atomic mass is 32.1. The van der Waals surface area contributed by atoms with E-state index in [1.54, 1.807) is 24.3 Å². The third-order valence-electron chi connectivity index (χ3n) is 4.13. The van der Waals surface area contributed by atoms with Crippen LogP contribution < -0.4 is 0 Å². The second-order valence-corrected chi connectivity index (χ2v) is 8.20. The van der Waals surface area contributed by atoms with Crippen molar-refractivity contribution in [3.05, 3.63) is 34.0 Å². The highest BCUT2D eigenvalue weighted by Crippen LogP contribution is 2.34. The highest BCUT2D eigenvalue weighted by molar-refractivity contribution is 7.23. The molecule has 2 aliphatic rings. The van der Waals surface area contributed by atoms with Crippen molar-refractivity contribution in [3.8, 4) is 9.75 Å². The van der Waals surface area contributed by atoms with Gasteiger partial charge < -0.3 is 18.9 Å². The molecule has 0 saturated carbocycles. The van der Waals surface area contributed by atoms with Crippen LogP contribution in [0.15, 0.2) is 24.3 Å². The van der Waals surface area contributed by atoms with Crippen LogP contribution in [0.25, 0.3) is 9.75 Å². The molecule has 28 heavy (non-hydrogen) atoms. The second kappa shape index (κ2) is 7.72. The zero-order valence-corrected chi connectivity index (χ0v) is 16.0. The van der Waals surface area contributed by atoms with E-state index in [-0.39, 0.29) is 13.2 Å². The monoisotopic (exact) mass is 422 g/mol. The van der Waals surface area contributed by atoms with Crippen molar-refractivity contribution in [1.29, 1.82) is 0 Å². The number of ether oxygens (including phenoxy) is 4. The van der Waals surface area contributed by atoms with Gasteiger partial charge in [-0.2, -0.15) is 0 Å². The van der Waals surface area contributed by atoms with E-state index in [2.05, 4.69) is 0 Å².